The van der Waals surface area contributed by atoms with Crippen molar-refractivity contribution in [2.75, 3.05) is 19.6 Å². The van der Waals surface area contributed by atoms with Gasteiger partial charge in [0.2, 0.25) is 23.6 Å². The molecule has 2 saturated heterocycles. The number of imide groups is 1. The summed E-state index contributed by atoms with van der Waals surface area (Å²) in [6, 6.07) is 5.66. The van der Waals surface area contributed by atoms with Crippen molar-refractivity contribution in [3.05, 3.63) is 77.4 Å². The first kappa shape index (κ1) is 41.8. The molecule has 7 amide bonds. The van der Waals surface area contributed by atoms with E-state index < -0.39 is 78.5 Å². The molecule has 6 rings (SSSR count). The third kappa shape index (κ3) is 8.83. The third-order valence-electron chi connectivity index (χ3n) is 10.9. The predicted octanol–water partition coefficient (Wildman–Crippen LogP) is 2.35. The molecule has 1 aliphatic carbocycles. The molecule has 0 bridgehead atoms. The van der Waals surface area contributed by atoms with Crippen molar-refractivity contribution in [1.82, 2.24) is 40.4 Å². The van der Waals surface area contributed by atoms with E-state index >= 15 is 0 Å². The number of nitrogens with zero attached hydrogens (tertiary/aromatic N) is 5. The fourth-order valence-corrected chi connectivity index (χ4v) is 7.66. The van der Waals surface area contributed by atoms with E-state index in [1.54, 1.807) is 31.5 Å². The highest BCUT2D eigenvalue weighted by molar-refractivity contribution is 6.10. The van der Waals surface area contributed by atoms with Gasteiger partial charge in [0.1, 0.15) is 36.5 Å². The zero-order chi connectivity index (χ0) is 42.1. The van der Waals surface area contributed by atoms with Crippen LogP contribution in [0.15, 0.2) is 54.9 Å². The fourth-order valence-electron chi connectivity index (χ4n) is 7.66. The lowest BCUT2D eigenvalue weighted by Gasteiger charge is -2.32. The molecule has 5 atom stereocenters. The van der Waals surface area contributed by atoms with E-state index in [-0.39, 0.29) is 50.0 Å². The minimum Gasteiger partial charge on any atom is -0.391 e. The smallest absolute Gasteiger partial charge is 0.391 e. The Morgan fingerprint density at radius 2 is 1.78 bits per heavy atom. The maximum absolute atomic E-state index is 13.9. The van der Waals surface area contributed by atoms with Crippen molar-refractivity contribution in [3.8, 4) is 11.1 Å². The van der Waals surface area contributed by atoms with Gasteiger partial charge in [0.15, 0.2) is 0 Å². The molecule has 3 aliphatic rings. The van der Waals surface area contributed by atoms with Crippen molar-refractivity contribution in [1.29, 1.82) is 0 Å². The zero-order valence-electron chi connectivity index (χ0n) is 32.0. The Hall–Kier alpha value is -5.85. The summed E-state index contributed by atoms with van der Waals surface area (Å²) in [6.07, 6.45) is -1.31. The average Bonchev–Trinajstić information content (AvgIpc) is 3.92. The molecule has 58 heavy (non-hydrogen) atoms. The van der Waals surface area contributed by atoms with E-state index in [0.29, 0.717) is 39.3 Å². The number of aliphatic hydroxyl groups is 1. The number of fused-ring (bicyclic) bond motifs is 2. The summed E-state index contributed by atoms with van der Waals surface area (Å²) in [7, 11) is 0. The van der Waals surface area contributed by atoms with Crippen molar-refractivity contribution >= 4 is 35.6 Å². The van der Waals surface area contributed by atoms with E-state index in [1.807, 2.05) is 13.0 Å². The molecule has 1 spiro atoms. The number of rotatable bonds is 13. The van der Waals surface area contributed by atoms with E-state index in [9.17, 15) is 51.4 Å². The topological polar surface area (TPSA) is 186 Å². The van der Waals surface area contributed by atoms with Crippen molar-refractivity contribution in [2.45, 2.75) is 95.5 Å². The molecule has 0 radical (unpaired) electrons. The highest BCUT2D eigenvalue weighted by Crippen LogP contribution is 2.43. The van der Waals surface area contributed by atoms with Crippen LogP contribution in [-0.4, -0.2) is 115 Å². The van der Waals surface area contributed by atoms with Gasteiger partial charge in [0.05, 0.1) is 12.3 Å². The number of aliphatic hydroxyl groups excluding tert-OH is 1. The average molecular weight is 813 g/mol. The highest BCUT2D eigenvalue weighted by Gasteiger charge is 2.56. The molecule has 0 saturated carbocycles. The first-order valence-corrected chi connectivity index (χ1v) is 18.8. The van der Waals surface area contributed by atoms with Gasteiger partial charge in [0, 0.05) is 43.9 Å². The molecule has 19 heteroatoms. The summed E-state index contributed by atoms with van der Waals surface area (Å²) in [5.74, 6) is -3.62. The fraction of sp³-hybridized carbons (Fsp3) is 0.462. The van der Waals surface area contributed by atoms with E-state index in [4.69, 9.17) is 0 Å². The number of aromatic nitrogens is 2. The maximum atomic E-state index is 13.9. The van der Waals surface area contributed by atoms with Crippen molar-refractivity contribution in [2.24, 2.45) is 0 Å². The van der Waals surface area contributed by atoms with Crippen LogP contribution in [0.1, 0.15) is 56.7 Å². The Morgan fingerprint density at radius 1 is 1.05 bits per heavy atom. The number of β-amino-alcohol motifs (C(OH)–C–C–N with tert-alkyl or cyclic N) is 1. The molecule has 3 aromatic rings. The highest BCUT2D eigenvalue weighted by atomic mass is 19.4. The summed E-state index contributed by atoms with van der Waals surface area (Å²) in [5, 5.41) is 22.0. The summed E-state index contributed by atoms with van der Waals surface area (Å²) in [5.41, 5.74) is 1.24. The van der Waals surface area contributed by atoms with Crippen LogP contribution in [0.4, 0.5) is 22.4 Å². The van der Waals surface area contributed by atoms with E-state index in [0.717, 1.165) is 24.6 Å². The van der Waals surface area contributed by atoms with Gasteiger partial charge in [-0.2, -0.15) is 18.3 Å². The number of nitrogens with one attached hydrogen (secondary N) is 3. The number of carbonyl (C=O) groups excluding carboxylic acids is 6. The quantitative estimate of drug-likeness (QED) is 0.150. The van der Waals surface area contributed by atoms with Gasteiger partial charge < -0.3 is 30.9 Å². The number of amides is 7. The largest absolute Gasteiger partial charge is 0.408 e. The van der Waals surface area contributed by atoms with Gasteiger partial charge >= 0.3 is 12.2 Å². The van der Waals surface area contributed by atoms with Crippen LogP contribution in [0, 0.1) is 5.82 Å². The normalized spacial score (nSPS) is 21.2. The van der Waals surface area contributed by atoms with E-state index in [1.165, 1.54) is 21.7 Å². The summed E-state index contributed by atoms with van der Waals surface area (Å²) in [4.78, 5) is 80.7. The number of hydrogen-bond acceptors (Lipinski definition) is 8. The molecule has 0 unspecified atom stereocenters. The molecule has 310 valence electrons. The number of carbonyl (C=O) groups is 6. The van der Waals surface area contributed by atoms with Gasteiger partial charge in [-0.05, 0) is 74.4 Å². The Morgan fingerprint density at radius 3 is 2.45 bits per heavy atom. The molecular weight excluding hydrogens is 768 g/mol. The Kier molecular flexibility index (Phi) is 11.9. The summed E-state index contributed by atoms with van der Waals surface area (Å²) in [6.45, 7) is 2.80. The van der Waals surface area contributed by atoms with Crippen LogP contribution >= 0.6 is 0 Å². The molecule has 2 fully saturated rings. The third-order valence-corrected chi connectivity index (χ3v) is 10.9. The zero-order valence-corrected chi connectivity index (χ0v) is 32.0. The Labute approximate surface area is 330 Å². The van der Waals surface area contributed by atoms with Crippen molar-refractivity contribution in [3.63, 3.8) is 0 Å². The predicted molar refractivity (Wildman–Crippen MR) is 197 cm³/mol. The van der Waals surface area contributed by atoms with Crippen LogP contribution in [-0.2, 0) is 49.0 Å². The Bertz CT molecular complexity index is 2090. The van der Waals surface area contributed by atoms with Crippen LogP contribution in [0.3, 0.4) is 0 Å². The van der Waals surface area contributed by atoms with Crippen LogP contribution in [0.25, 0.3) is 11.1 Å². The number of alkyl halides is 3. The van der Waals surface area contributed by atoms with Gasteiger partial charge in [-0.1, -0.05) is 30.3 Å². The summed E-state index contributed by atoms with van der Waals surface area (Å²) >= 11 is 0. The SMILES string of the molecule is C[C@H](NC(=O)CCNC(=O)Cn1cc(-c2ccc3c(c2)CC[C@]32NC(=O)N(CC(=O)N(Cc3ccc(F)cc3)[C@@H](C)C(F)(F)F)C2=O)cn1)C(=O)N1C[C@H](O)C[C@H]1C. The standard InChI is InChI=1S/C39H44F4N8O7/c1-22-14-30(52)19-49(22)35(56)23(2)46-32(53)11-13-44-33(54)20-48-18-28(16-45-48)26-6-9-31-27(15-26)10-12-38(31)36(57)51(37(58)47-38)21-34(55)50(24(3)39(41,42)43)17-25-4-7-29(40)8-5-25/h4-9,15-16,18,22-24,30,52H,10-14,17,19-21H2,1-3H3,(H,44,54)(H,46,53)(H,47,58)/t22-,23+,24+,30-,38+/m1/s1. The molecule has 1 aromatic heterocycles. The van der Waals surface area contributed by atoms with Crippen molar-refractivity contribution < 1.29 is 51.4 Å². The summed E-state index contributed by atoms with van der Waals surface area (Å²) < 4.78 is 56.3. The van der Waals surface area contributed by atoms with Crippen LogP contribution in [0.2, 0.25) is 0 Å². The lowest BCUT2D eigenvalue weighted by Crippen LogP contribution is -2.51. The number of aryl methyl sites for hydroxylation is 1. The van der Waals surface area contributed by atoms with Gasteiger partial charge in [-0.3, -0.25) is 33.6 Å². The minimum absolute atomic E-state index is 0.0207. The molecule has 15 nitrogen and oxygen atoms in total. The van der Waals surface area contributed by atoms with Crippen LogP contribution in [0.5, 0.6) is 0 Å². The number of benzene rings is 2. The first-order valence-electron chi connectivity index (χ1n) is 18.8. The molecular formula is C39H44F4N8O7. The lowest BCUT2D eigenvalue weighted by molar-refractivity contribution is -0.187. The minimum atomic E-state index is -4.82. The van der Waals surface area contributed by atoms with Gasteiger partial charge in [-0.15, -0.1) is 0 Å². The number of urea groups is 1. The van der Waals surface area contributed by atoms with Gasteiger partial charge in [0.25, 0.3) is 5.91 Å². The second kappa shape index (κ2) is 16.6. The Balaban J connectivity index is 1.04. The monoisotopic (exact) mass is 812 g/mol. The van der Waals surface area contributed by atoms with Crippen LogP contribution < -0.4 is 16.0 Å². The first-order chi connectivity index (χ1) is 27.4. The second-order valence-electron chi connectivity index (χ2n) is 15.0. The number of likely N-dealkylation sites (tertiary alicyclic amines) is 1. The second-order valence-corrected chi connectivity index (χ2v) is 15.0. The molecule has 4 N–H and O–H groups in total. The molecule has 2 aliphatic heterocycles. The van der Waals surface area contributed by atoms with Gasteiger partial charge in [-0.25, -0.2) is 9.18 Å². The lowest BCUT2D eigenvalue weighted by atomic mass is 9.90. The number of halogens is 4. The number of hydrogen-bond donors (Lipinski definition) is 4. The molecule has 2 aromatic carbocycles. The molecule has 3 heterocycles. The maximum Gasteiger partial charge on any atom is 0.408 e. The van der Waals surface area contributed by atoms with E-state index in [2.05, 4.69) is 21.0 Å².